The molecule has 0 fully saturated rings. The first-order chi connectivity index (χ1) is 5.63. The van der Waals surface area contributed by atoms with Crippen molar-refractivity contribution in [3.63, 3.8) is 0 Å². The number of aromatic amines is 1. The van der Waals surface area contributed by atoms with Crippen LogP contribution in [0.3, 0.4) is 0 Å². The zero-order valence-electron chi connectivity index (χ0n) is 7.52. The summed E-state index contributed by atoms with van der Waals surface area (Å²) in [5.74, 6) is 0.702. The molecule has 0 atom stereocenters. The largest absolute Gasteiger partial charge is 0.388 e. The van der Waals surface area contributed by atoms with Gasteiger partial charge in [-0.15, -0.1) is 0 Å². The van der Waals surface area contributed by atoms with Crippen molar-refractivity contribution in [1.82, 2.24) is 9.97 Å². The van der Waals surface area contributed by atoms with E-state index in [-0.39, 0.29) is 12.0 Å². The minimum Gasteiger partial charge on any atom is -0.388 e. The van der Waals surface area contributed by atoms with E-state index in [1.165, 1.54) is 5.69 Å². The Morgan fingerprint density at radius 2 is 2.33 bits per heavy atom. The van der Waals surface area contributed by atoms with Crippen molar-refractivity contribution in [2.75, 3.05) is 0 Å². The number of rotatable bonds is 1. The number of fused-ring (bicyclic) bond motifs is 1. The molecule has 0 saturated heterocycles. The molecule has 0 unspecified atom stereocenters. The average Bonchev–Trinajstić information content (AvgIpc) is 2.53. The molecule has 2 rings (SSSR count). The van der Waals surface area contributed by atoms with Gasteiger partial charge < -0.3 is 10.1 Å². The SMILES string of the molecule is CC1(C)CCc2[nH]c(CO)nc21. The molecule has 1 aliphatic carbocycles. The first-order valence-electron chi connectivity index (χ1n) is 4.32. The lowest BCUT2D eigenvalue weighted by Crippen LogP contribution is -2.13. The van der Waals surface area contributed by atoms with Gasteiger partial charge in [-0.1, -0.05) is 13.8 Å². The summed E-state index contributed by atoms with van der Waals surface area (Å²) < 4.78 is 0. The van der Waals surface area contributed by atoms with E-state index in [0.29, 0.717) is 5.82 Å². The Labute approximate surface area is 71.8 Å². The highest BCUT2D eigenvalue weighted by atomic mass is 16.3. The number of hydrogen-bond donors (Lipinski definition) is 2. The van der Waals surface area contributed by atoms with Crippen LogP contribution in [-0.2, 0) is 18.4 Å². The van der Waals surface area contributed by atoms with E-state index in [2.05, 4.69) is 23.8 Å². The number of H-pyrrole nitrogens is 1. The second-order valence-electron chi connectivity index (χ2n) is 4.05. The smallest absolute Gasteiger partial charge is 0.132 e. The van der Waals surface area contributed by atoms with Gasteiger partial charge in [0, 0.05) is 11.1 Å². The lowest BCUT2D eigenvalue weighted by Gasteiger charge is -2.14. The summed E-state index contributed by atoms with van der Waals surface area (Å²) in [4.78, 5) is 7.49. The molecular formula is C9H14N2O. The molecule has 1 aliphatic rings. The Morgan fingerprint density at radius 1 is 1.58 bits per heavy atom. The van der Waals surface area contributed by atoms with E-state index in [1.54, 1.807) is 0 Å². The van der Waals surface area contributed by atoms with Gasteiger partial charge in [-0.25, -0.2) is 4.98 Å². The number of nitrogens with zero attached hydrogens (tertiary/aromatic N) is 1. The van der Waals surface area contributed by atoms with Gasteiger partial charge in [0.2, 0.25) is 0 Å². The summed E-state index contributed by atoms with van der Waals surface area (Å²) in [5, 5.41) is 8.87. The van der Waals surface area contributed by atoms with Crippen LogP contribution in [0.1, 0.15) is 37.5 Å². The normalized spacial score (nSPS) is 19.6. The first-order valence-corrected chi connectivity index (χ1v) is 4.32. The maximum atomic E-state index is 8.87. The van der Waals surface area contributed by atoms with Gasteiger partial charge in [0.1, 0.15) is 12.4 Å². The fourth-order valence-electron chi connectivity index (χ4n) is 1.84. The second kappa shape index (κ2) is 2.33. The van der Waals surface area contributed by atoms with Gasteiger partial charge >= 0.3 is 0 Å². The number of aliphatic hydroxyl groups excluding tert-OH is 1. The fraction of sp³-hybridized carbons (Fsp3) is 0.667. The molecule has 0 radical (unpaired) electrons. The molecule has 2 N–H and O–H groups in total. The Hall–Kier alpha value is -0.830. The average molecular weight is 166 g/mol. The minimum absolute atomic E-state index is 0.0169. The fourth-order valence-corrected chi connectivity index (χ4v) is 1.84. The standard InChI is InChI=1S/C9H14N2O/c1-9(2)4-3-6-8(9)11-7(5-12)10-6/h12H,3-5H2,1-2H3,(H,10,11). The lowest BCUT2D eigenvalue weighted by molar-refractivity contribution is 0.271. The van der Waals surface area contributed by atoms with E-state index in [4.69, 9.17) is 5.11 Å². The lowest BCUT2D eigenvalue weighted by atomic mass is 9.91. The number of aliphatic hydroxyl groups is 1. The van der Waals surface area contributed by atoms with E-state index in [9.17, 15) is 0 Å². The summed E-state index contributed by atoms with van der Waals surface area (Å²) in [6.07, 6.45) is 2.22. The number of aryl methyl sites for hydroxylation is 1. The number of imidazole rings is 1. The summed E-state index contributed by atoms with van der Waals surface area (Å²) >= 11 is 0. The highest BCUT2D eigenvalue weighted by molar-refractivity contribution is 5.28. The highest BCUT2D eigenvalue weighted by Crippen LogP contribution is 2.36. The van der Waals surface area contributed by atoms with Gasteiger partial charge in [0.25, 0.3) is 0 Å². The molecule has 0 bridgehead atoms. The Bertz CT molecular complexity index is 301. The van der Waals surface area contributed by atoms with E-state index >= 15 is 0 Å². The topological polar surface area (TPSA) is 48.9 Å². The molecule has 1 heterocycles. The molecule has 0 aliphatic heterocycles. The van der Waals surface area contributed by atoms with Gasteiger partial charge in [-0.05, 0) is 12.8 Å². The molecule has 1 aromatic rings. The van der Waals surface area contributed by atoms with Crippen molar-refractivity contribution in [3.05, 3.63) is 17.2 Å². The molecule has 0 aromatic carbocycles. The van der Waals surface area contributed by atoms with Crippen LogP contribution in [0, 0.1) is 0 Å². The number of hydrogen-bond acceptors (Lipinski definition) is 2. The third-order valence-electron chi connectivity index (χ3n) is 2.62. The predicted molar refractivity (Wildman–Crippen MR) is 45.9 cm³/mol. The van der Waals surface area contributed by atoms with E-state index in [0.717, 1.165) is 18.5 Å². The Balaban J connectivity index is 2.44. The van der Waals surface area contributed by atoms with E-state index in [1.807, 2.05) is 0 Å². The van der Waals surface area contributed by atoms with Gasteiger partial charge in [0.15, 0.2) is 0 Å². The van der Waals surface area contributed by atoms with Crippen LogP contribution >= 0.6 is 0 Å². The zero-order valence-corrected chi connectivity index (χ0v) is 7.52. The summed E-state index contributed by atoms with van der Waals surface area (Å²) in [5.41, 5.74) is 2.55. The molecule has 3 nitrogen and oxygen atoms in total. The minimum atomic E-state index is 0.0169. The maximum absolute atomic E-state index is 8.87. The molecule has 0 saturated carbocycles. The summed E-state index contributed by atoms with van der Waals surface area (Å²) in [6, 6.07) is 0. The van der Waals surface area contributed by atoms with Crippen molar-refractivity contribution < 1.29 is 5.11 Å². The Kier molecular flexibility index (Phi) is 1.51. The highest BCUT2D eigenvalue weighted by Gasteiger charge is 2.33. The van der Waals surface area contributed by atoms with Crippen LogP contribution in [0.2, 0.25) is 0 Å². The molecule has 3 heteroatoms. The van der Waals surface area contributed by atoms with Crippen molar-refractivity contribution in [2.45, 2.75) is 38.7 Å². The Morgan fingerprint density at radius 3 is 2.92 bits per heavy atom. The van der Waals surface area contributed by atoms with Crippen LogP contribution in [0.4, 0.5) is 0 Å². The van der Waals surface area contributed by atoms with Crippen molar-refractivity contribution in [3.8, 4) is 0 Å². The number of nitrogens with one attached hydrogen (secondary N) is 1. The van der Waals surface area contributed by atoms with Crippen LogP contribution in [0.5, 0.6) is 0 Å². The van der Waals surface area contributed by atoms with Crippen LogP contribution in [-0.4, -0.2) is 15.1 Å². The number of aromatic nitrogens is 2. The third kappa shape index (κ3) is 0.966. The van der Waals surface area contributed by atoms with Crippen LogP contribution in [0.15, 0.2) is 0 Å². The molecule has 1 aromatic heterocycles. The van der Waals surface area contributed by atoms with Crippen molar-refractivity contribution in [2.24, 2.45) is 0 Å². The van der Waals surface area contributed by atoms with Crippen molar-refractivity contribution >= 4 is 0 Å². The second-order valence-corrected chi connectivity index (χ2v) is 4.05. The molecule has 0 spiro atoms. The molecular weight excluding hydrogens is 152 g/mol. The van der Waals surface area contributed by atoms with Crippen molar-refractivity contribution in [1.29, 1.82) is 0 Å². The molecule has 66 valence electrons. The quantitative estimate of drug-likeness (QED) is 0.657. The molecule has 0 amide bonds. The van der Waals surface area contributed by atoms with Crippen LogP contribution < -0.4 is 0 Å². The van der Waals surface area contributed by atoms with Crippen LogP contribution in [0.25, 0.3) is 0 Å². The zero-order chi connectivity index (χ0) is 8.77. The van der Waals surface area contributed by atoms with Gasteiger partial charge in [0.05, 0.1) is 5.69 Å². The van der Waals surface area contributed by atoms with E-state index < -0.39 is 0 Å². The van der Waals surface area contributed by atoms with Gasteiger partial charge in [-0.2, -0.15) is 0 Å². The summed E-state index contributed by atoms with van der Waals surface area (Å²) in [7, 11) is 0. The third-order valence-corrected chi connectivity index (χ3v) is 2.62. The predicted octanol–water partition coefficient (Wildman–Crippen LogP) is 1.13. The van der Waals surface area contributed by atoms with Gasteiger partial charge in [-0.3, -0.25) is 0 Å². The molecule has 12 heavy (non-hydrogen) atoms. The summed E-state index contributed by atoms with van der Waals surface area (Å²) in [6.45, 7) is 4.41. The maximum Gasteiger partial charge on any atom is 0.132 e. The monoisotopic (exact) mass is 166 g/mol. The first kappa shape index (κ1) is 7.80.